The fraction of sp³-hybridized carbons (Fsp3) is 0. The number of para-hydroxylation sites is 1. The molecule has 0 unspecified atom stereocenters. The molecule has 0 saturated carbocycles. The zero-order chi connectivity index (χ0) is 13.1. The van der Waals surface area contributed by atoms with Crippen LogP contribution in [0.1, 0.15) is 10.4 Å². The number of carbonyl (C=O) groups excluding carboxylic acids is 1. The van der Waals surface area contributed by atoms with Crippen LogP contribution in [0.25, 0.3) is 0 Å². The summed E-state index contributed by atoms with van der Waals surface area (Å²) in [5.41, 5.74) is 6.57. The molecule has 5 heteroatoms. The van der Waals surface area contributed by atoms with Crippen LogP contribution in [-0.4, -0.2) is 11.0 Å². The van der Waals surface area contributed by atoms with Gasteiger partial charge in [0.1, 0.15) is 0 Å². The number of rotatable bonds is 2. The predicted octanol–water partition coefficient (Wildman–Crippen LogP) is 2.83. The molecule has 2 aromatic carbocycles. The summed E-state index contributed by atoms with van der Waals surface area (Å²) in [6.07, 6.45) is 0. The van der Waals surface area contributed by atoms with Gasteiger partial charge < -0.3 is 16.2 Å². The van der Waals surface area contributed by atoms with Gasteiger partial charge in [-0.25, -0.2) is 0 Å². The average molecular weight is 354 g/mol. The molecular weight excluding hydrogens is 343 g/mol. The van der Waals surface area contributed by atoms with Crippen molar-refractivity contribution < 1.29 is 9.90 Å². The maximum absolute atomic E-state index is 12.0. The molecule has 4 N–H and O–H groups in total. The first-order chi connectivity index (χ1) is 8.58. The minimum Gasteiger partial charge on any atom is -0.505 e. The smallest absolute Gasteiger partial charge is 0.259 e. The normalized spacial score (nSPS) is 10.1. The van der Waals surface area contributed by atoms with Crippen molar-refractivity contribution in [2.24, 2.45) is 0 Å². The van der Waals surface area contributed by atoms with E-state index in [1.165, 1.54) is 12.1 Å². The Hall–Kier alpha value is -1.76. The van der Waals surface area contributed by atoms with E-state index in [0.717, 1.165) is 3.57 Å². The molecule has 0 saturated heterocycles. The van der Waals surface area contributed by atoms with Crippen LogP contribution in [0.2, 0.25) is 0 Å². The molecule has 2 aromatic rings. The summed E-state index contributed by atoms with van der Waals surface area (Å²) in [6.45, 7) is 0. The quantitative estimate of drug-likeness (QED) is 0.441. The zero-order valence-electron chi connectivity index (χ0n) is 9.35. The summed E-state index contributed by atoms with van der Waals surface area (Å²) in [5, 5.41) is 12.4. The first kappa shape index (κ1) is 12.7. The Morgan fingerprint density at radius 2 is 1.94 bits per heavy atom. The van der Waals surface area contributed by atoms with Gasteiger partial charge in [-0.1, -0.05) is 12.1 Å². The number of nitrogens with one attached hydrogen (secondary N) is 1. The molecule has 0 heterocycles. The Kier molecular flexibility index (Phi) is 3.71. The van der Waals surface area contributed by atoms with E-state index in [1.54, 1.807) is 12.1 Å². The van der Waals surface area contributed by atoms with Gasteiger partial charge in [-0.05, 0) is 52.9 Å². The number of nitrogen functional groups attached to an aromatic ring is 1. The summed E-state index contributed by atoms with van der Waals surface area (Å²) in [5.74, 6) is -0.581. The van der Waals surface area contributed by atoms with Crippen LogP contribution >= 0.6 is 22.6 Å². The van der Waals surface area contributed by atoms with Crippen molar-refractivity contribution in [3.63, 3.8) is 0 Å². The second-order valence-electron chi connectivity index (χ2n) is 3.71. The van der Waals surface area contributed by atoms with E-state index in [2.05, 4.69) is 27.9 Å². The topological polar surface area (TPSA) is 75.4 Å². The van der Waals surface area contributed by atoms with Gasteiger partial charge in [0.25, 0.3) is 5.91 Å². The van der Waals surface area contributed by atoms with E-state index in [4.69, 9.17) is 5.73 Å². The molecule has 0 aromatic heterocycles. The molecule has 0 spiro atoms. The van der Waals surface area contributed by atoms with Crippen molar-refractivity contribution in [3.8, 4) is 5.75 Å². The number of phenolic OH excluding ortho intramolecular Hbond substituents is 1. The van der Waals surface area contributed by atoms with Gasteiger partial charge in [0.2, 0.25) is 0 Å². The first-order valence-corrected chi connectivity index (χ1v) is 6.30. The highest BCUT2D eigenvalue weighted by Gasteiger charge is 2.12. The Morgan fingerprint density at radius 3 is 2.67 bits per heavy atom. The van der Waals surface area contributed by atoms with Crippen LogP contribution in [0, 0.1) is 3.57 Å². The first-order valence-electron chi connectivity index (χ1n) is 5.22. The van der Waals surface area contributed by atoms with Crippen LogP contribution in [0.3, 0.4) is 0 Å². The summed E-state index contributed by atoms with van der Waals surface area (Å²) in [4.78, 5) is 12.0. The number of halogens is 1. The van der Waals surface area contributed by atoms with E-state index in [-0.39, 0.29) is 22.9 Å². The molecule has 18 heavy (non-hydrogen) atoms. The minimum atomic E-state index is -0.387. The van der Waals surface area contributed by atoms with Gasteiger partial charge in [-0.3, -0.25) is 4.79 Å². The van der Waals surface area contributed by atoms with E-state index >= 15 is 0 Å². The molecule has 0 aliphatic carbocycles. The lowest BCUT2D eigenvalue weighted by Crippen LogP contribution is -2.12. The average Bonchev–Trinajstić information content (AvgIpc) is 2.32. The molecule has 2 rings (SSSR count). The third-order valence-corrected chi connectivity index (χ3v) is 3.07. The van der Waals surface area contributed by atoms with E-state index in [0.29, 0.717) is 5.69 Å². The highest BCUT2D eigenvalue weighted by Crippen LogP contribution is 2.25. The number of amides is 1. The largest absolute Gasteiger partial charge is 0.505 e. The van der Waals surface area contributed by atoms with Gasteiger partial charge in [-0.15, -0.1) is 0 Å². The van der Waals surface area contributed by atoms with Crippen LogP contribution in [0.4, 0.5) is 11.4 Å². The lowest BCUT2D eigenvalue weighted by Gasteiger charge is -2.08. The minimum absolute atomic E-state index is 0.161. The van der Waals surface area contributed by atoms with Crippen molar-refractivity contribution in [3.05, 3.63) is 51.6 Å². The fourth-order valence-corrected chi connectivity index (χ4v) is 2.05. The molecule has 92 valence electrons. The molecule has 1 amide bonds. The van der Waals surface area contributed by atoms with E-state index < -0.39 is 0 Å². The maximum Gasteiger partial charge on any atom is 0.259 e. The monoisotopic (exact) mass is 354 g/mol. The third-order valence-electron chi connectivity index (χ3n) is 2.39. The number of carbonyl (C=O) groups is 1. The van der Waals surface area contributed by atoms with Crippen LogP contribution in [0.5, 0.6) is 5.75 Å². The lowest BCUT2D eigenvalue weighted by molar-refractivity contribution is 0.102. The number of aromatic hydroxyl groups is 1. The lowest BCUT2D eigenvalue weighted by atomic mass is 10.1. The van der Waals surface area contributed by atoms with Gasteiger partial charge in [-0.2, -0.15) is 0 Å². The second-order valence-corrected chi connectivity index (χ2v) is 4.95. The van der Waals surface area contributed by atoms with E-state index in [9.17, 15) is 9.90 Å². The maximum atomic E-state index is 12.0. The Bertz CT molecular complexity index is 599. The Labute approximate surface area is 118 Å². The highest BCUT2D eigenvalue weighted by atomic mass is 127. The SMILES string of the molecule is Nc1cccc(C(=O)Nc2cccc(I)c2)c1O. The number of hydrogen-bond donors (Lipinski definition) is 3. The fourth-order valence-electron chi connectivity index (χ4n) is 1.51. The molecule has 0 aliphatic rings. The van der Waals surface area contributed by atoms with Gasteiger partial charge >= 0.3 is 0 Å². The molecule has 4 nitrogen and oxygen atoms in total. The number of hydrogen-bond acceptors (Lipinski definition) is 3. The van der Waals surface area contributed by atoms with Crippen LogP contribution < -0.4 is 11.1 Å². The van der Waals surface area contributed by atoms with E-state index in [1.807, 2.05) is 18.2 Å². The van der Waals surface area contributed by atoms with Gasteiger partial charge in [0.05, 0.1) is 11.3 Å². The summed E-state index contributed by atoms with van der Waals surface area (Å²) in [7, 11) is 0. The van der Waals surface area contributed by atoms with Crippen molar-refractivity contribution in [2.75, 3.05) is 11.1 Å². The van der Waals surface area contributed by atoms with Crippen molar-refractivity contribution in [1.29, 1.82) is 0 Å². The molecule has 0 fully saturated rings. The molecule has 0 aliphatic heterocycles. The molecule has 0 bridgehead atoms. The number of anilines is 2. The molecule has 0 atom stereocenters. The van der Waals surface area contributed by atoms with Crippen LogP contribution in [0.15, 0.2) is 42.5 Å². The molecule has 0 radical (unpaired) electrons. The zero-order valence-corrected chi connectivity index (χ0v) is 11.5. The van der Waals surface area contributed by atoms with Crippen molar-refractivity contribution in [1.82, 2.24) is 0 Å². The highest BCUT2D eigenvalue weighted by molar-refractivity contribution is 14.1. The molecular formula is C13H11IN2O2. The number of phenols is 1. The summed E-state index contributed by atoms with van der Waals surface area (Å²) < 4.78 is 1.02. The van der Waals surface area contributed by atoms with Crippen molar-refractivity contribution >= 4 is 39.9 Å². The Morgan fingerprint density at radius 1 is 1.22 bits per heavy atom. The van der Waals surface area contributed by atoms with Crippen molar-refractivity contribution in [2.45, 2.75) is 0 Å². The predicted molar refractivity (Wildman–Crippen MR) is 79.6 cm³/mol. The van der Waals surface area contributed by atoms with Gasteiger partial charge in [0.15, 0.2) is 5.75 Å². The second kappa shape index (κ2) is 5.26. The van der Waals surface area contributed by atoms with Crippen LogP contribution in [-0.2, 0) is 0 Å². The third kappa shape index (κ3) is 2.73. The summed E-state index contributed by atoms with van der Waals surface area (Å²) in [6, 6.07) is 12.1. The Balaban J connectivity index is 2.25. The summed E-state index contributed by atoms with van der Waals surface area (Å²) >= 11 is 2.16. The number of nitrogens with two attached hydrogens (primary N) is 1. The number of benzene rings is 2. The standard InChI is InChI=1S/C13H11IN2O2/c14-8-3-1-4-9(7-8)16-13(18)10-5-2-6-11(15)12(10)17/h1-7,17H,15H2,(H,16,18). The van der Waals surface area contributed by atoms with Gasteiger partial charge in [0, 0.05) is 9.26 Å².